The van der Waals surface area contributed by atoms with Gasteiger partial charge in [-0.1, -0.05) is 0 Å². The molecule has 0 aliphatic heterocycles. The number of nitrogens with one attached hydrogen (secondary N) is 2. The van der Waals surface area contributed by atoms with Crippen LogP contribution in [0.4, 0.5) is 9.59 Å². The van der Waals surface area contributed by atoms with E-state index in [1.54, 1.807) is 48.5 Å². The van der Waals surface area contributed by atoms with E-state index in [0.717, 1.165) is 0 Å². The van der Waals surface area contributed by atoms with Crippen LogP contribution < -0.4 is 10.6 Å². The van der Waals surface area contributed by atoms with Crippen molar-refractivity contribution < 1.29 is 28.6 Å². The van der Waals surface area contributed by atoms with Gasteiger partial charge in [0.2, 0.25) is 0 Å². The summed E-state index contributed by atoms with van der Waals surface area (Å²) in [5.41, 5.74) is -1.39. The Morgan fingerprint density at radius 3 is 1.57 bits per heavy atom. The Bertz CT molecular complexity index is 436. The third-order valence-corrected chi connectivity index (χ3v) is 2.37. The van der Waals surface area contributed by atoms with Crippen molar-refractivity contribution in [1.82, 2.24) is 10.6 Å². The normalized spacial score (nSPS) is 14.3. The van der Waals surface area contributed by atoms with Gasteiger partial charge < -0.3 is 24.8 Å². The molecule has 0 fully saturated rings. The van der Waals surface area contributed by atoms with Gasteiger partial charge in [-0.3, -0.25) is 0 Å². The fourth-order valence-electron chi connectivity index (χ4n) is 1.53. The number of ether oxygens (including phenoxy) is 3. The van der Waals surface area contributed by atoms with E-state index in [9.17, 15) is 14.4 Å². The molecular weight excluding hydrogens is 304 g/mol. The van der Waals surface area contributed by atoms with Gasteiger partial charge in [0.1, 0.15) is 17.2 Å². The first-order valence-electron chi connectivity index (χ1n) is 7.32. The van der Waals surface area contributed by atoms with Gasteiger partial charge in [0.25, 0.3) is 0 Å². The molecule has 2 N–H and O–H groups in total. The highest BCUT2D eigenvalue weighted by Gasteiger charge is 2.31. The highest BCUT2D eigenvalue weighted by molar-refractivity contribution is 5.83. The molecule has 0 rings (SSSR count). The zero-order chi connectivity index (χ0) is 18.4. The number of amides is 2. The number of hydrogen-bond donors (Lipinski definition) is 2. The maximum atomic E-state index is 11.8. The Kier molecular flexibility index (Phi) is 7.33. The molecule has 0 heterocycles. The van der Waals surface area contributed by atoms with Crippen LogP contribution in [-0.4, -0.2) is 48.6 Å². The Morgan fingerprint density at radius 1 is 0.826 bits per heavy atom. The van der Waals surface area contributed by atoms with Crippen LogP contribution in [0.5, 0.6) is 0 Å². The van der Waals surface area contributed by atoms with E-state index in [1.165, 1.54) is 7.11 Å². The number of esters is 1. The number of rotatable bonds is 4. The van der Waals surface area contributed by atoms with Crippen LogP contribution >= 0.6 is 0 Å². The molecule has 0 unspecified atom stereocenters. The minimum absolute atomic E-state index is 0.677. The van der Waals surface area contributed by atoms with Crippen molar-refractivity contribution in [2.45, 2.75) is 71.8 Å². The first-order valence-corrected chi connectivity index (χ1v) is 7.32. The van der Waals surface area contributed by atoms with Gasteiger partial charge in [-0.25, -0.2) is 14.4 Å². The van der Waals surface area contributed by atoms with Gasteiger partial charge in [-0.2, -0.15) is 0 Å². The van der Waals surface area contributed by atoms with Crippen LogP contribution in [0.2, 0.25) is 0 Å². The van der Waals surface area contributed by atoms with E-state index >= 15 is 0 Å². The van der Waals surface area contributed by atoms with Crippen LogP contribution in [0.3, 0.4) is 0 Å². The van der Waals surface area contributed by atoms with E-state index in [-0.39, 0.29) is 0 Å². The number of methoxy groups -OCH3 is 1. The maximum Gasteiger partial charge on any atom is 0.408 e. The largest absolute Gasteiger partial charge is 0.467 e. The standard InChI is InChI=1S/C15H28N2O6/c1-9(16-12(19)22-14(2,3)4)10(11(18)21-8)17-13(20)23-15(5,6)7/h9-10H,1-8H3,(H,16,19)(H,17,20)/t9-,10+/m1/s1. The Hall–Kier alpha value is -1.99. The topological polar surface area (TPSA) is 103 Å². The van der Waals surface area contributed by atoms with Crippen molar-refractivity contribution in [2.75, 3.05) is 7.11 Å². The molecule has 0 aliphatic carbocycles. The second-order valence-corrected chi connectivity index (χ2v) is 7.08. The minimum Gasteiger partial charge on any atom is -0.467 e. The van der Waals surface area contributed by atoms with Crippen molar-refractivity contribution in [3.63, 3.8) is 0 Å². The Balaban J connectivity index is 4.87. The Morgan fingerprint density at radius 2 is 1.22 bits per heavy atom. The van der Waals surface area contributed by atoms with Crippen molar-refractivity contribution in [3.8, 4) is 0 Å². The molecule has 0 aliphatic rings. The molecule has 2 amide bonds. The molecular formula is C15H28N2O6. The van der Waals surface area contributed by atoms with Crippen LogP contribution in [0.1, 0.15) is 48.5 Å². The smallest absolute Gasteiger partial charge is 0.408 e. The third kappa shape index (κ3) is 9.59. The second-order valence-electron chi connectivity index (χ2n) is 7.08. The van der Waals surface area contributed by atoms with Crippen molar-refractivity contribution in [2.24, 2.45) is 0 Å². The summed E-state index contributed by atoms with van der Waals surface area (Å²) in [6.45, 7) is 11.8. The van der Waals surface area contributed by atoms with Crippen LogP contribution in [0.15, 0.2) is 0 Å². The molecule has 8 heteroatoms. The van der Waals surface area contributed by atoms with E-state index in [0.29, 0.717) is 0 Å². The van der Waals surface area contributed by atoms with Gasteiger partial charge in [0.05, 0.1) is 13.2 Å². The summed E-state index contributed by atoms with van der Waals surface area (Å²) in [4.78, 5) is 35.4. The number of carbonyl (C=O) groups excluding carboxylic acids is 3. The van der Waals surface area contributed by atoms with Gasteiger partial charge in [-0.15, -0.1) is 0 Å². The molecule has 8 nitrogen and oxygen atoms in total. The van der Waals surface area contributed by atoms with Crippen molar-refractivity contribution >= 4 is 18.2 Å². The summed E-state index contributed by atoms with van der Waals surface area (Å²) in [6, 6.07) is -1.87. The molecule has 0 radical (unpaired) electrons. The van der Waals surface area contributed by atoms with Crippen molar-refractivity contribution in [1.29, 1.82) is 0 Å². The first kappa shape index (κ1) is 21.0. The summed E-state index contributed by atoms with van der Waals surface area (Å²) >= 11 is 0. The molecule has 2 atom stereocenters. The summed E-state index contributed by atoms with van der Waals surface area (Å²) < 4.78 is 14.9. The van der Waals surface area contributed by atoms with Crippen molar-refractivity contribution in [3.05, 3.63) is 0 Å². The summed E-state index contributed by atoms with van der Waals surface area (Å²) in [5.74, 6) is -0.709. The molecule has 0 saturated heterocycles. The quantitative estimate of drug-likeness (QED) is 0.602. The number of carbonyl (C=O) groups is 3. The van der Waals surface area contributed by atoms with Gasteiger partial charge in [0.15, 0.2) is 0 Å². The van der Waals surface area contributed by atoms with E-state index in [2.05, 4.69) is 15.4 Å². The molecule has 0 aromatic carbocycles. The predicted octanol–water partition coefficient (Wildman–Crippen LogP) is 1.97. The predicted molar refractivity (Wildman–Crippen MR) is 84.0 cm³/mol. The second kappa shape index (κ2) is 8.03. The maximum absolute atomic E-state index is 11.8. The average Bonchev–Trinajstić information content (AvgIpc) is 2.30. The lowest BCUT2D eigenvalue weighted by molar-refractivity contribution is -0.143. The van der Waals surface area contributed by atoms with E-state index in [4.69, 9.17) is 9.47 Å². The zero-order valence-electron chi connectivity index (χ0n) is 15.1. The molecule has 23 heavy (non-hydrogen) atoms. The van der Waals surface area contributed by atoms with Gasteiger partial charge in [0, 0.05) is 0 Å². The highest BCUT2D eigenvalue weighted by Crippen LogP contribution is 2.09. The Labute approximate surface area is 137 Å². The molecule has 0 spiro atoms. The number of hydrogen-bond acceptors (Lipinski definition) is 6. The molecule has 0 saturated carbocycles. The average molecular weight is 332 g/mol. The molecule has 0 aromatic heterocycles. The van der Waals surface area contributed by atoms with Crippen LogP contribution in [0, 0.1) is 0 Å². The van der Waals surface area contributed by atoms with E-state index in [1.807, 2.05) is 0 Å². The molecule has 134 valence electrons. The lowest BCUT2D eigenvalue weighted by Gasteiger charge is -2.27. The summed E-state index contributed by atoms with van der Waals surface area (Å²) in [6.07, 6.45) is -1.49. The first-order chi connectivity index (χ1) is 10.2. The molecule has 0 aromatic rings. The minimum atomic E-state index is -1.11. The highest BCUT2D eigenvalue weighted by atomic mass is 16.6. The lowest BCUT2D eigenvalue weighted by atomic mass is 10.1. The fraction of sp³-hybridized carbons (Fsp3) is 0.800. The van der Waals surface area contributed by atoms with Gasteiger partial charge in [-0.05, 0) is 48.5 Å². The monoisotopic (exact) mass is 332 g/mol. The SMILES string of the molecule is COC(=O)[C@@H](NC(=O)OC(C)(C)C)[C@@H](C)NC(=O)OC(C)(C)C. The molecule has 0 bridgehead atoms. The van der Waals surface area contributed by atoms with Gasteiger partial charge >= 0.3 is 18.2 Å². The van der Waals surface area contributed by atoms with Crippen LogP contribution in [0.25, 0.3) is 0 Å². The fourth-order valence-corrected chi connectivity index (χ4v) is 1.53. The summed E-state index contributed by atoms with van der Waals surface area (Å²) in [7, 11) is 1.19. The lowest BCUT2D eigenvalue weighted by Crippen LogP contribution is -2.55. The van der Waals surface area contributed by atoms with Crippen LogP contribution in [-0.2, 0) is 19.0 Å². The summed E-state index contributed by atoms with van der Waals surface area (Å²) in [5, 5.41) is 4.87. The van der Waals surface area contributed by atoms with E-state index < -0.39 is 41.4 Å². The third-order valence-electron chi connectivity index (χ3n) is 2.37. The zero-order valence-corrected chi connectivity index (χ0v) is 15.1. The number of alkyl carbamates (subject to hydrolysis) is 2.